The Morgan fingerprint density at radius 3 is 2.64 bits per heavy atom. The molecule has 0 bridgehead atoms. The van der Waals surface area contributed by atoms with Crippen molar-refractivity contribution in [1.82, 2.24) is 14.8 Å². The highest BCUT2D eigenvalue weighted by Gasteiger charge is 2.41. The third-order valence-electron chi connectivity index (χ3n) is 7.77. The van der Waals surface area contributed by atoms with Gasteiger partial charge in [-0.25, -0.2) is 0 Å². The molecule has 2 aromatic carbocycles. The van der Waals surface area contributed by atoms with E-state index in [1.807, 2.05) is 53.6 Å². The standard InChI is InChI=1S/C28H33N3O5/c1-30-18-28(16-23(33)22(32)15-20-5-2-3-8-24(20)36-17-25(30)34)10-13-31(14-11-28)27(35)21-7-4-6-19-9-12-29-26(19)21/h2-9,12,22-23,29,32-33H,10-11,13-18H2,1H3/t22-,23+/m0/s1. The first kappa shape index (κ1) is 24.3. The van der Waals surface area contributed by atoms with Gasteiger partial charge in [0.1, 0.15) is 5.75 Å². The SMILES string of the molecule is CN1CC2(CCN(C(=O)c3cccc4cc[nH]c34)CC2)C[C@@H](O)[C@@H](O)Cc2ccccc2OCC1=O. The van der Waals surface area contributed by atoms with Crippen LogP contribution in [0, 0.1) is 5.41 Å². The molecule has 2 aliphatic rings. The molecule has 3 N–H and O–H groups in total. The second-order valence-electron chi connectivity index (χ2n) is 10.2. The second-order valence-corrected chi connectivity index (χ2v) is 10.2. The maximum Gasteiger partial charge on any atom is 0.260 e. The molecule has 36 heavy (non-hydrogen) atoms. The van der Waals surface area contributed by atoms with Gasteiger partial charge in [-0.15, -0.1) is 0 Å². The second kappa shape index (κ2) is 9.95. The fourth-order valence-electron chi connectivity index (χ4n) is 5.64. The number of amides is 2. The van der Waals surface area contributed by atoms with Gasteiger partial charge in [0.2, 0.25) is 0 Å². The zero-order valence-electron chi connectivity index (χ0n) is 20.5. The van der Waals surface area contributed by atoms with Crippen LogP contribution < -0.4 is 4.74 Å². The monoisotopic (exact) mass is 491 g/mol. The Kier molecular flexibility index (Phi) is 6.73. The van der Waals surface area contributed by atoms with Crippen LogP contribution in [0.5, 0.6) is 5.75 Å². The Morgan fingerprint density at radius 2 is 1.83 bits per heavy atom. The van der Waals surface area contributed by atoms with Crippen molar-refractivity contribution in [3.05, 3.63) is 65.9 Å². The van der Waals surface area contributed by atoms with Crippen LogP contribution in [0.15, 0.2) is 54.7 Å². The highest BCUT2D eigenvalue weighted by molar-refractivity contribution is 6.05. The largest absolute Gasteiger partial charge is 0.483 e. The van der Waals surface area contributed by atoms with Crippen LogP contribution >= 0.6 is 0 Å². The topological polar surface area (TPSA) is 106 Å². The number of carbonyl (C=O) groups excluding carboxylic acids is 2. The van der Waals surface area contributed by atoms with Crippen LogP contribution in [-0.2, 0) is 11.2 Å². The molecular weight excluding hydrogens is 458 g/mol. The number of rotatable bonds is 1. The number of para-hydroxylation sites is 2. The molecule has 1 aromatic heterocycles. The smallest absolute Gasteiger partial charge is 0.260 e. The molecule has 1 saturated heterocycles. The van der Waals surface area contributed by atoms with Gasteiger partial charge in [0, 0.05) is 44.7 Å². The number of aromatic amines is 1. The van der Waals surface area contributed by atoms with Crippen molar-refractivity contribution >= 4 is 22.7 Å². The van der Waals surface area contributed by atoms with Gasteiger partial charge < -0.3 is 29.7 Å². The summed E-state index contributed by atoms with van der Waals surface area (Å²) in [6, 6.07) is 14.9. The molecular formula is C28H33N3O5. The molecule has 0 saturated carbocycles. The van der Waals surface area contributed by atoms with Crippen molar-refractivity contribution < 1.29 is 24.5 Å². The Morgan fingerprint density at radius 1 is 1.06 bits per heavy atom. The van der Waals surface area contributed by atoms with E-state index in [-0.39, 0.29) is 24.8 Å². The molecule has 8 nitrogen and oxygen atoms in total. The molecule has 3 aromatic rings. The molecule has 0 radical (unpaired) electrons. The number of nitrogens with one attached hydrogen (secondary N) is 1. The number of ether oxygens (including phenoxy) is 1. The van der Waals surface area contributed by atoms with E-state index in [0.29, 0.717) is 50.2 Å². The summed E-state index contributed by atoms with van der Waals surface area (Å²) in [5.41, 5.74) is 1.82. The predicted octanol–water partition coefficient (Wildman–Crippen LogP) is 2.60. The summed E-state index contributed by atoms with van der Waals surface area (Å²) in [6.45, 7) is 1.36. The van der Waals surface area contributed by atoms with Crippen molar-refractivity contribution in [2.24, 2.45) is 5.41 Å². The number of fused-ring (bicyclic) bond motifs is 2. The minimum absolute atomic E-state index is 0.0268. The summed E-state index contributed by atoms with van der Waals surface area (Å²) in [7, 11) is 1.75. The number of H-pyrrole nitrogens is 1. The van der Waals surface area contributed by atoms with E-state index in [9.17, 15) is 19.8 Å². The summed E-state index contributed by atoms with van der Waals surface area (Å²) in [6.07, 6.45) is 1.74. The lowest BCUT2D eigenvalue weighted by Crippen LogP contribution is -2.51. The quantitative estimate of drug-likeness (QED) is 0.485. The van der Waals surface area contributed by atoms with E-state index in [1.54, 1.807) is 18.0 Å². The molecule has 0 aliphatic carbocycles. The number of aliphatic hydroxyl groups is 2. The Hall–Kier alpha value is -3.36. The van der Waals surface area contributed by atoms with Crippen LogP contribution in [0.1, 0.15) is 35.2 Å². The van der Waals surface area contributed by atoms with E-state index in [2.05, 4.69) is 4.98 Å². The average molecular weight is 492 g/mol. The number of piperidine rings is 1. The van der Waals surface area contributed by atoms with Gasteiger partial charge in [-0.1, -0.05) is 30.3 Å². The number of nitrogens with zero attached hydrogens (tertiary/aromatic N) is 2. The number of aromatic nitrogens is 1. The van der Waals surface area contributed by atoms with Crippen molar-refractivity contribution in [2.75, 3.05) is 33.3 Å². The lowest BCUT2D eigenvalue weighted by Gasteiger charge is -2.45. The number of aliphatic hydroxyl groups excluding tert-OH is 2. The summed E-state index contributed by atoms with van der Waals surface area (Å²) < 4.78 is 5.79. The van der Waals surface area contributed by atoms with Gasteiger partial charge >= 0.3 is 0 Å². The summed E-state index contributed by atoms with van der Waals surface area (Å²) in [5.74, 6) is 0.377. The molecule has 2 atom stereocenters. The molecule has 3 heterocycles. The minimum Gasteiger partial charge on any atom is -0.483 e. The molecule has 190 valence electrons. The number of benzene rings is 2. The van der Waals surface area contributed by atoms with Crippen molar-refractivity contribution in [1.29, 1.82) is 0 Å². The third-order valence-corrected chi connectivity index (χ3v) is 7.77. The van der Waals surface area contributed by atoms with E-state index in [4.69, 9.17) is 4.74 Å². The summed E-state index contributed by atoms with van der Waals surface area (Å²) in [4.78, 5) is 32.9. The normalized spacial score (nSPS) is 23.0. The van der Waals surface area contributed by atoms with E-state index in [1.165, 1.54) is 0 Å². The van der Waals surface area contributed by atoms with Crippen LogP contribution in [0.2, 0.25) is 0 Å². The van der Waals surface area contributed by atoms with Crippen LogP contribution in [0.25, 0.3) is 10.9 Å². The van der Waals surface area contributed by atoms with Gasteiger partial charge in [-0.3, -0.25) is 9.59 Å². The average Bonchev–Trinajstić information content (AvgIpc) is 3.36. The maximum atomic E-state index is 13.4. The third kappa shape index (κ3) is 4.83. The molecule has 1 fully saturated rings. The van der Waals surface area contributed by atoms with Gasteiger partial charge in [-0.05, 0) is 48.4 Å². The molecule has 1 spiro atoms. The number of likely N-dealkylation sites (N-methyl/N-ethyl adjacent to an activating group) is 1. The highest BCUT2D eigenvalue weighted by Crippen LogP contribution is 2.39. The van der Waals surface area contributed by atoms with Gasteiger partial charge in [-0.2, -0.15) is 0 Å². The first-order valence-electron chi connectivity index (χ1n) is 12.5. The number of carbonyl (C=O) groups is 2. The van der Waals surface area contributed by atoms with Crippen molar-refractivity contribution in [2.45, 2.75) is 37.9 Å². The Balaban J connectivity index is 1.35. The van der Waals surface area contributed by atoms with Gasteiger partial charge in [0.15, 0.2) is 6.61 Å². The van der Waals surface area contributed by atoms with E-state index >= 15 is 0 Å². The van der Waals surface area contributed by atoms with Crippen LogP contribution in [0.3, 0.4) is 0 Å². The van der Waals surface area contributed by atoms with Crippen molar-refractivity contribution in [3.8, 4) is 5.75 Å². The summed E-state index contributed by atoms with van der Waals surface area (Å²) >= 11 is 0. The fraction of sp³-hybridized carbons (Fsp3) is 0.429. The minimum atomic E-state index is -0.962. The first-order chi connectivity index (χ1) is 17.3. The lowest BCUT2D eigenvalue weighted by atomic mass is 9.72. The zero-order valence-corrected chi connectivity index (χ0v) is 20.5. The molecule has 2 amide bonds. The predicted molar refractivity (Wildman–Crippen MR) is 136 cm³/mol. The Bertz CT molecular complexity index is 1250. The number of hydrogen-bond donors (Lipinski definition) is 3. The molecule has 5 rings (SSSR count). The lowest BCUT2D eigenvalue weighted by molar-refractivity contribution is -0.135. The van der Waals surface area contributed by atoms with Gasteiger partial charge in [0.25, 0.3) is 11.8 Å². The first-order valence-corrected chi connectivity index (χ1v) is 12.5. The highest BCUT2D eigenvalue weighted by atomic mass is 16.5. The van der Waals surface area contributed by atoms with Crippen LogP contribution in [-0.4, -0.2) is 82.3 Å². The molecule has 8 heteroatoms. The molecule has 2 aliphatic heterocycles. The number of hydrogen-bond acceptors (Lipinski definition) is 5. The van der Waals surface area contributed by atoms with Gasteiger partial charge in [0.05, 0.1) is 23.3 Å². The van der Waals surface area contributed by atoms with E-state index in [0.717, 1.165) is 16.5 Å². The Labute approximate surface area is 210 Å². The van der Waals surface area contributed by atoms with E-state index < -0.39 is 17.6 Å². The fourth-order valence-corrected chi connectivity index (χ4v) is 5.64. The number of likely N-dealkylation sites (tertiary alicyclic amines) is 1. The zero-order chi connectivity index (χ0) is 25.3. The maximum absolute atomic E-state index is 13.4. The van der Waals surface area contributed by atoms with Crippen LogP contribution in [0.4, 0.5) is 0 Å². The van der Waals surface area contributed by atoms with Crippen molar-refractivity contribution in [3.63, 3.8) is 0 Å². The summed E-state index contributed by atoms with van der Waals surface area (Å²) in [5, 5.41) is 22.9. The molecule has 0 unspecified atom stereocenters.